The van der Waals surface area contributed by atoms with Crippen molar-refractivity contribution in [1.82, 2.24) is 3.43 Å². The fourth-order valence-electron chi connectivity index (χ4n) is 0. The standard InChI is InChI=1S/B3HIN/c1-3(2)5-4/h5H/i/hT. The van der Waals surface area contributed by atoms with Gasteiger partial charge in [0.25, 0.3) is 0 Å². The van der Waals surface area contributed by atoms with Gasteiger partial charge in [0.15, 0.2) is 0 Å². The molecule has 0 bridgehead atoms. The minimum absolute atomic E-state index is 0.661. The number of hydrogen-bond donors (Lipinski definition) is 1. The van der Waals surface area contributed by atoms with Crippen molar-refractivity contribution in [1.29, 1.82) is 0 Å². The van der Waals surface area contributed by atoms with E-state index in [1.165, 1.54) is 0 Å². The Morgan fingerprint density at radius 1 is 2.00 bits per heavy atom. The van der Waals surface area contributed by atoms with Crippen LogP contribution in [0.25, 0.3) is 0 Å². The molecular weight excluding hydrogens is 173 g/mol. The van der Waals surface area contributed by atoms with Crippen molar-refractivity contribution in [2.45, 2.75) is 0 Å². The fraction of sp³-hybridized carbons (Fsp3) is 0. The van der Waals surface area contributed by atoms with Gasteiger partial charge in [0, 0.05) is 38.3 Å². The molecule has 0 fully saturated rings. The summed E-state index contributed by atoms with van der Waals surface area (Å²) in [5, 5.41) is 0. The predicted molar refractivity (Wildman–Crippen MR) is 34.4 cm³/mol. The summed E-state index contributed by atoms with van der Waals surface area (Å²) in [4.78, 5) is 0. The summed E-state index contributed by atoms with van der Waals surface area (Å²) in [5.41, 5.74) is 0. The predicted octanol–water partition coefficient (Wildman–Crippen LogP) is -0.752. The van der Waals surface area contributed by atoms with Crippen molar-refractivity contribution in [2.75, 3.05) is 0 Å². The van der Waals surface area contributed by atoms with Gasteiger partial charge in [-0.3, -0.25) is 0 Å². The Morgan fingerprint density at radius 3 is 2.20 bits per heavy atom. The van der Waals surface area contributed by atoms with E-state index < -0.39 is 6.63 Å². The molecule has 5 heteroatoms. The summed E-state index contributed by atoms with van der Waals surface area (Å²) >= 11 is 1.68. The molecule has 1 N–H and O–H groups in total. The highest BCUT2D eigenvalue weighted by Gasteiger charge is 1.85. The van der Waals surface area contributed by atoms with Gasteiger partial charge in [-0.2, -0.15) is 0 Å². The molecule has 0 heterocycles. The van der Waals surface area contributed by atoms with Gasteiger partial charge < -0.3 is 3.43 Å². The van der Waals surface area contributed by atoms with E-state index in [9.17, 15) is 0 Å². The highest BCUT2D eigenvalue weighted by molar-refractivity contribution is 14.1. The third-order valence-corrected chi connectivity index (χ3v) is 0.756. The van der Waals surface area contributed by atoms with E-state index in [0.29, 0.717) is 0 Å². The zero-order valence-electron chi connectivity index (χ0n) is 3.56. The smallest absolute Gasteiger partial charge is 0.129 e. The lowest BCUT2D eigenvalue weighted by atomic mass is 9.29. The summed E-state index contributed by atoms with van der Waals surface area (Å²) in [6, 6.07) is 0. The van der Waals surface area contributed by atoms with Crippen LogP contribution in [0.5, 0.6) is 0 Å². The average Bonchev–Trinajstić information content (AvgIpc) is 1.36. The molecule has 4 radical (unpaired) electrons. The summed E-state index contributed by atoms with van der Waals surface area (Å²) in [7, 11) is 9.89. The van der Waals surface area contributed by atoms with Crippen LogP contribution >= 0.6 is 22.9 Å². The summed E-state index contributed by atoms with van der Waals surface area (Å²) < 4.78 is 7.54. The maximum absolute atomic E-state index is 6.60. The van der Waals surface area contributed by atoms with Crippen LogP contribution in [0.15, 0.2) is 0 Å². The van der Waals surface area contributed by atoms with Gasteiger partial charge >= 0.3 is 0 Å². The molecular formula is HB3IN. The summed E-state index contributed by atoms with van der Waals surface area (Å²) in [5.74, 6) is 0. The molecule has 0 aromatic heterocycles. The Balaban J connectivity index is 2.99. The molecule has 1 nitrogen and oxygen atoms in total. The van der Waals surface area contributed by atoms with Crippen molar-refractivity contribution in [3.8, 4) is 0 Å². The maximum Gasteiger partial charge on any atom is 0.129 e. The van der Waals surface area contributed by atoms with Crippen LogP contribution in [0.1, 0.15) is 0 Å². The minimum atomic E-state index is -0.661. The monoisotopic (exact) mass is 177 g/mol. The lowest BCUT2D eigenvalue weighted by Crippen LogP contribution is -2.26. The van der Waals surface area contributed by atoms with Crippen LogP contribution < -0.4 is 3.43 Å². The second-order valence-electron chi connectivity index (χ2n) is 0.588. The molecule has 0 aliphatic rings. The van der Waals surface area contributed by atoms with E-state index in [4.69, 9.17) is 16.9 Å². The summed E-state index contributed by atoms with van der Waals surface area (Å²) in [6.07, 6.45) is 0. The maximum atomic E-state index is 6.60. The van der Waals surface area contributed by atoms with Crippen molar-refractivity contribution >= 4 is 45.0 Å². The molecule has 0 rings (SSSR count). The first kappa shape index (κ1) is 4.05. The highest BCUT2D eigenvalue weighted by atomic mass is 127. The number of halogens is 1. The topological polar surface area (TPSA) is 12.0 Å². The van der Waals surface area contributed by atoms with Gasteiger partial charge in [0.2, 0.25) is 0 Å². The molecule has 0 saturated heterocycles. The number of rotatable bonds is 1. The van der Waals surface area contributed by atoms with Gasteiger partial charge in [-0.15, -0.1) is 0 Å². The van der Waals surface area contributed by atoms with Crippen LogP contribution in [0.3, 0.4) is 0 Å². The van der Waals surface area contributed by atoms with Crippen molar-refractivity contribution < 1.29 is 1.41 Å². The van der Waals surface area contributed by atoms with E-state index in [-0.39, 0.29) is 0 Å². The molecule has 22 valence electrons. The molecule has 0 aromatic rings. The first-order valence-corrected chi connectivity index (χ1v) is 2.06. The van der Waals surface area contributed by atoms with Crippen molar-refractivity contribution in [2.24, 2.45) is 0 Å². The molecule has 0 aliphatic carbocycles. The zero-order valence-corrected chi connectivity index (χ0v) is 4.71. The van der Waals surface area contributed by atoms with Gasteiger partial charge in [-0.25, -0.2) is 0 Å². The first-order chi connectivity index (χ1) is 2.64. The van der Waals surface area contributed by atoms with Crippen LogP contribution in [0.2, 0.25) is 1.41 Å². The van der Waals surface area contributed by atoms with Crippen LogP contribution in [-0.2, 0) is 0 Å². The van der Waals surface area contributed by atoms with Crippen LogP contribution in [0, 0.1) is 0 Å². The lowest BCUT2D eigenvalue weighted by Gasteiger charge is -1.88. The van der Waals surface area contributed by atoms with E-state index in [1.54, 1.807) is 22.9 Å². The second kappa shape index (κ2) is 3.09. The van der Waals surface area contributed by atoms with Gasteiger partial charge in [-0.1, -0.05) is 0 Å². The third kappa shape index (κ3) is 4.88. The normalized spacial score (nSPS) is 11.2. The minimum Gasteiger partial charge on any atom is -0.319 e. The van der Waals surface area contributed by atoms with E-state index in [0.717, 1.165) is 3.43 Å². The number of nitrogens with one attached hydrogen (secondary N) is 1. The molecule has 0 amide bonds. The zero-order chi connectivity index (χ0) is 5.15. The van der Waals surface area contributed by atoms with E-state index >= 15 is 0 Å². The van der Waals surface area contributed by atoms with Crippen LogP contribution in [0.4, 0.5) is 0 Å². The first-order valence-electron chi connectivity index (χ1n) is 1.54. The number of hydrogen-bond acceptors (Lipinski definition) is 1. The lowest BCUT2D eigenvalue weighted by molar-refractivity contribution is 1.80. The second-order valence-corrected chi connectivity index (χ2v) is 1.15. The molecule has 0 atom stereocenters. The Hall–Kier alpha value is 0.885. The Morgan fingerprint density at radius 2 is 2.20 bits per heavy atom. The van der Waals surface area contributed by atoms with Gasteiger partial charge in [-0.05, 0) is 0 Å². The van der Waals surface area contributed by atoms with Gasteiger partial charge in [0.1, 0.15) is 8.04 Å². The fourth-order valence-corrected chi connectivity index (χ4v) is 0. The average molecular weight is 176 g/mol. The summed E-state index contributed by atoms with van der Waals surface area (Å²) in [6.45, 7) is -0.661. The molecule has 0 spiro atoms. The largest absolute Gasteiger partial charge is 0.319 e. The van der Waals surface area contributed by atoms with Crippen LogP contribution in [-0.4, -0.2) is 22.1 Å². The molecule has 0 unspecified atom stereocenters. The third-order valence-electron chi connectivity index (χ3n) is 0.113. The van der Waals surface area contributed by atoms with Crippen molar-refractivity contribution in [3.05, 3.63) is 0 Å². The Kier molecular flexibility index (Phi) is 2.51. The van der Waals surface area contributed by atoms with E-state index in [1.807, 2.05) is 0 Å². The Bertz CT molecular complexity index is 31.8. The van der Waals surface area contributed by atoms with Gasteiger partial charge in [0.05, 0.1) is 0 Å². The SMILES string of the molecule is [3H]N(I)B([B])[B]. The van der Waals surface area contributed by atoms with Crippen molar-refractivity contribution in [3.63, 3.8) is 0 Å². The molecule has 0 aromatic carbocycles. The highest BCUT2D eigenvalue weighted by Crippen LogP contribution is 1.63. The Labute approximate surface area is 50.1 Å². The quantitative estimate of drug-likeness (QED) is 0.315. The molecule has 0 aliphatic heterocycles. The van der Waals surface area contributed by atoms with E-state index in [2.05, 4.69) is 0 Å². The molecule has 5 heavy (non-hydrogen) atoms. The molecule has 0 saturated carbocycles.